The summed E-state index contributed by atoms with van der Waals surface area (Å²) in [4.78, 5) is 41.8. The number of carbonyl (C=O) groups excluding carboxylic acids is 3. The van der Waals surface area contributed by atoms with E-state index in [2.05, 4.69) is 0 Å². The number of carbonyl (C=O) groups is 3. The van der Waals surface area contributed by atoms with E-state index in [1.165, 1.54) is 25.3 Å². The van der Waals surface area contributed by atoms with Crippen LogP contribution in [-0.4, -0.2) is 74.1 Å². The van der Waals surface area contributed by atoms with Gasteiger partial charge in [0.25, 0.3) is 0 Å². The number of piperidine rings is 1. The van der Waals surface area contributed by atoms with Crippen molar-refractivity contribution in [2.45, 2.75) is 37.2 Å². The van der Waals surface area contributed by atoms with Crippen LogP contribution in [-0.2, 0) is 29.3 Å². The van der Waals surface area contributed by atoms with E-state index in [4.69, 9.17) is 9.47 Å². The normalized spacial score (nSPS) is 25.0. The van der Waals surface area contributed by atoms with Crippen LogP contribution in [0.1, 0.15) is 31.2 Å². The summed E-state index contributed by atoms with van der Waals surface area (Å²) >= 11 is 0. The fourth-order valence-electron chi connectivity index (χ4n) is 4.23. The van der Waals surface area contributed by atoms with Gasteiger partial charge in [-0.1, -0.05) is 18.2 Å². The maximum absolute atomic E-state index is 14.7. The molecular weight excluding hydrogens is 379 g/mol. The molecule has 1 aromatic carbocycles. The van der Waals surface area contributed by atoms with Crippen LogP contribution in [0.5, 0.6) is 0 Å². The largest absolute Gasteiger partial charge is 0.383 e. The lowest BCUT2D eigenvalue weighted by molar-refractivity contribution is -0.144. The third kappa shape index (κ3) is 4.18. The molecule has 7 nitrogen and oxygen atoms in total. The molecule has 3 rings (SSSR count). The van der Waals surface area contributed by atoms with Gasteiger partial charge in [0.2, 0.25) is 17.7 Å². The molecule has 0 bridgehead atoms. The highest BCUT2D eigenvalue weighted by Gasteiger charge is 2.55. The number of likely N-dealkylation sites (tertiary alicyclic amines) is 2. The van der Waals surface area contributed by atoms with Gasteiger partial charge in [-0.05, 0) is 18.9 Å². The van der Waals surface area contributed by atoms with Gasteiger partial charge >= 0.3 is 0 Å². The molecule has 2 heterocycles. The number of hydrogen-bond donors (Lipinski definition) is 0. The molecule has 2 saturated heterocycles. The lowest BCUT2D eigenvalue weighted by atomic mass is 9.75. The van der Waals surface area contributed by atoms with Crippen molar-refractivity contribution in [3.8, 4) is 0 Å². The van der Waals surface area contributed by atoms with Crippen LogP contribution in [0.15, 0.2) is 24.3 Å². The number of hydrogen-bond acceptors (Lipinski definition) is 5. The molecule has 1 aromatic rings. The fraction of sp³-hybridized carbons (Fsp3) is 0.571. The summed E-state index contributed by atoms with van der Waals surface area (Å²) in [6.07, 6.45) is 1.11. The minimum Gasteiger partial charge on any atom is -0.383 e. The second kappa shape index (κ2) is 9.00. The number of imide groups is 1. The van der Waals surface area contributed by atoms with Gasteiger partial charge in [-0.25, -0.2) is 4.39 Å². The predicted molar refractivity (Wildman–Crippen MR) is 103 cm³/mol. The zero-order valence-electron chi connectivity index (χ0n) is 16.9. The van der Waals surface area contributed by atoms with Crippen molar-refractivity contribution in [3.63, 3.8) is 0 Å². The first-order valence-corrected chi connectivity index (χ1v) is 9.82. The third-order valence-electron chi connectivity index (χ3n) is 5.83. The Kier molecular flexibility index (Phi) is 6.64. The predicted octanol–water partition coefficient (Wildman–Crippen LogP) is 1.50. The Bertz CT molecular complexity index is 786. The number of halogens is 1. The molecule has 8 heteroatoms. The molecule has 2 fully saturated rings. The van der Waals surface area contributed by atoms with Crippen LogP contribution in [0.3, 0.4) is 0 Å². The first-order chi connectivity index (χ1) is 13.9. The molecular formula is C21H27FN2O5. The highest BCUT2D eigenvalue weighted by molar-refractivity contribution is 6.10. The highest BCUT2D eigenvalue weighted by Crippen LogP contribution is 2.41. The molecule has 3 amide bonds. The second-order valence-corrected chi connectivity index (χ2v) is 7.60. The van der Waals surface area contributed by atoms with Gasteiger partial charge in [-0.3, -0.25) is 19.3 Å². The Morgan fingerprint density at radius 1 is 1.28 bits per heavy atom. The van der Waals surface area contributed by atoms with Gasteiger partial charge in [0, 0.05) is 45.7 Å². The van der Waals surface area contributed by atoms with Crippen molar-refractivity contribution in [3.05, 3.63) is 35.6 Å². The van der Waals surface area contributed by atoms with Crippen LogP contribution in [0.2, 0.25) is 0 Å². The topological polar surface area (TPSA) is 76.2 Å². The minimum atomic E-state index is -1.53. The molecule has 0 N–H and O–H groups in total. The van der Waals surface area contributed by atoms with E-state index in [0.29, 0.717) is 13.1 Å². The van der Waals surface area contributed by atoms with Crippen LogP contribution in [0, 0.1) is 5.82 Å². The van der Waals surface area contributed by atoms with Crippen LogP contribution in [0.25, 0.3) is 0 Å². The molecule has 0 aromatic heterocycles. The smallest absolute Gasteiger partial charge is 0.241 e. The van der Waals surface area contributed by atoms with Crippen molar-refractivity contribution in [2.24, 2.45) is 0 Å². The Morgan fingerprint density at radius 2 is 2.03 bits per heavy atom. The molecule has 0 saturated carbocycles. The summed E-state index contributed by atoms with van der Waals surface area (Å²) in [5.74, 6) is -1.83. The van der Waals surface area contributed by atoms with E-state index in [9.17, 15) is 18.8 Å². The first kappa shape index (κ1) is 21.4. The number of ether oxygens (including phenoxy) is 2. The van der Waals surface area contributed by atoms with Crippen molar-refractivity contribution < 1.29 is 28.2 Å². The Morgan fingerprint density at radius 3 is 2.72 bits per heavy atom. The molecule has 0 radical (unpaired) electrons. The molecule has 29 heavy (non-hydrogen) atoms. The third-order valence-corrected chi connectivity index (χ3v) is 5.83. The average molecular weight is 406 g/mol. The average Bonchev–Trinajstić information content (AvgIpc) is 2.96. The minimum absolute atomic E-state index is 0.0591. The van der Waals surface area contributed by atoms with Crippen molar-refractivity contribution in [2.75, 3.05) is 40.5 Å². The Balaban J connectivity index is 1.93. The maximum atomic E-state index is 14.7. The van der Waals surface area contributed by atoms with Gasteiger partial charge in [0.05, 0.1) is 24.7 Å². The molecule has 2 aliphatic heterocycles. The molecule has 158 valence electrons. The number of nitrogens with zero attached hydrogens (tertiary/aromatic N) is 2. The van der Waals surface area contributed by atoms with Crippen molar-refractivity contribution in [1.82, 2.24) is 9.80 Å². The zero-order chi connectivity index (χ0) is 21.0. The van der Waals surface area contributed by atoms with E-state index < -0.39 is 23.0 Å². The molecule has 2 atom stereocenters. The molecule has 0 spiro atoms. The molecule has 2 unspecified atom stereocenters. The van der Waals surface area contributed by atoms with Crippen LogP contribution in [0.4, 0.5) is 4.39 Å². The SMILES string of the molecule is COCCN1C(=O)CC(CC(=O)N2CCCC(OC)C2)(c2ccccc2F)C1=O. The lowest BCUT2D eigenvalue weighted by Crippen LogP contribution is -2.48. The van der Waals surface area contributed by atoms with Gasteiger partial charge in [0.15, 0.2) is 0 Å². The van der Waals surface area contributed by atoms with Gasteiger partial charge < -0.3 is 14.4 Å². The first-order valence-electron chi connectivity index (χ1n) is 9.82. The number of benzene rings is 1. The van der Waals surface area contributed by atoms with Gasteiger partial charge in [0.1, 0.15) is 5.82 Å². The van der Waals surface area contributed by atoms with E-state index in [-0.39, 0.29) is 43.6 Å². The highest BCUT2D eigenvalue weighted by atomic mass is 19.1. The zero-order valence-corrected chi connectivity index (χ0v) is 16.9. The Labute approximate surface area is 169 Å². The summed E-state index contributed by atoms with van der Waals surface area (Å²) in [5, 5.41) is 0. The number of amides is 3. The molecule has 0 aliphatic carbocycles. The second-order valence-electron chi connectivity index (χ2n) is 7.60. The van der Waals surface area contributed by atoms with Crippen molar-refractivity contribution in [1.29, 1.82) is 0 Å². The molecule has 2 aliphatic rings. The lowest BCUT2D eigenvalue weighted by Gasteiger charge is -2.35. The summed E-state index contributed by atoms with van der Waals surface area (Å²) in [7, 11) is 3.08. The summed E-state index contributed by atoms with van der Waals surface area (Å²) in [6.45, 7) is 1.24. The fourth-order valence-corrected chi connectivity index (χ4v) is 4.23. The standard InChI is InChI=1S/C21H27FN2O5/c1-28-11-10-24-19(26)13-21(20(24)27,16-7-3-4-8-17(16)22)12-18(25)23-9-5-6-15(14-23)29-2/h3-4,7-8,15H,5-6,9-14H2,1-2H3. The number of methoxy groups -OCH3 is 2. The quantitative estimate of drug-likeness (QED) is 0.642. The van der Waals surface area contributed by atoms with Crippen molar-refractivity contribution >= 4 is 17.7 Å². The van der Waals surface area contributed by atoms with Gasteiger partial charge in [-0.15, -0.1) is 0 Å². The van der Waals surface area contributed by atoms with E-state index in [0.717, 1.165) is 17.7 Å². The summed E-state index contributed by atoms with van der Waals surface area (Å²) in [5.41, 5.74) is -1.44. The Hall–Kier alpha value is -2.32. The van der Waals surface area contributed by atoms with E-state index in [1.54, 1.807) is 18.1 Å². The van der Waals surface area contributed by atoms with Gasteiger partial charge in [-0.2, -0.15) is 0 Å². The van der Waals surface area contributed by atoms with E-state index in [1.807, 2.05) is 0 Å². The van der Waals surface area contributed by atoms with Crippen LogP contribution >= 0.6 is 0 Å². The summed E-state index contributed by atoms with van der Waals surface area (Å²) < 4.78 is 25.1. The number of rotatable bonds is 7. The monoisotopic (exact) mass is 406 g/mol. The van der Waals surface area contributed by atoms with Crippen LogP contribution < -0.4 is 0 Å². The van der Waals surface area contributed by atoms with E-state index >= 15 is 0 Å². The maximum Gasteiger partial charge on any atom is 0.241 e. The summed E-state index contributed by atoms with van der Waals surface area (Å²) in [6, 6.07) is 5.87.